The van der Waals surface area contributed by atoms with Crippen LogP contribution in [-0.4, -0.2) is 82.6 Å². The number of carbonyl (C=O) groups is 1. The van der Waals surface area contributed by atoms with E-state index in [0.717, 1.165) is 32.6 Å². The molecule has 1 aromatic rings. The molecule has 2 heterocycles. The van der Waals surface area contributed by atoms with Crippen molar-refractivity contribution in [1.29, 1.82) is 0 Å². The zero-order chi connectivity index (χ0) is 19.3. The normalized spacial score (nSPS) is 21.9. The monoisotopic (exact) mass is 397 g/mol. The van der Waals surface area contributed by atoms with Gasteiger partial charge in [0.05, 0.1) is 25.0 Å². The molecule has 27 heavy (non-hydrogen) atoms. The second-order valence-electron chi connectivity index (χ2n) is 6.74. The van der Waals surface area contributed by atoms with Gasteiger partial charge in [-0.1, -0.05) is 0 Å². The quantitative estimate of drug-likeness (QED) is 0.662. The third kappa shape index (κ3) is 4.98. The van der Waals surface area contributed by atoms with Gasteiger partial charge >= 0.3 is 5.97 Å². The van der Waals surface area contributed by atoms with Crippen molar-refractivity contribution < 1.29 is 22.7 Å². The smallest absolute Gasteiger partial charge is 0.308 e. The van der Waals surface area contributed by atoms with Crippen molar-refractivity contribution in [3.8, 4) is 5.75 Å². The Hall–Kier alpha value is -1.68. The highest BCUT2D eigenvalue weighted by Crippen LogP contribution is 2.25. The summed E-state index contributed by atoms with van der Waals surface area (Å²) in [5, 5.41) is 3.32. The Morgan fingerprint density at radius 1 is 1.19 bits per heavy atom. The lowest BCUT2D eigenvalue weighted by atomic mass is 10.2. The molecule has 1 N–H and O–H groups in total. The van der Waals surface area contributed by atoms with Gasteiger partial charge in [0.25, 0.3) is 0 Å². The van der Waals surface area contributed by atoms with E-state index in [9.17, 15) is 13.2 Å². The van der Waals surface area contributed by atoms with E-state index in [4.69, 9.17) is 4.74 Å². The Morgan fingerprint density at radius 2 is 1.89 bits per heavy atom. The largest absolute Gasteiger partial charge is 0.493 e. The fourth-order valence-corrected chi connectivity index (χ4v) is 4.98. The van der Waals surface area contributed by atoms with Crippen molar-refractivity contribution in [1.82, 2.24) is 14.5 Å². The minimum Gasteiger partial charge on any atom is -0.493 e. The number of methoxy groups -OCH3 is 1. The lowest BCUT2D eigenvalue weighted by Crippen LogP contribution is -2.49. The molecule has 1 aromatic carbocycles. The topological polar surface area (TPSA) is 88.2 Å². The minimum atomic E-state index is -3.50. The van der Waals surface area contributed by atoms with Crippen molar-refractivity contribution in [2.75, 3.05) is 53.0 Å². The van der Waals surface area contributed by atoms with Crippen LogP contribution in [0.3, 0.4) is 0 Å². The van der Waals surface area contributed by atoms with Crippen molar-refractivity contribution in [2.45, 2.75) is 23.8 Å². The average Bonchev–Trinajstić information content (AvgIpc) is 3.20. The molecule has 9 heteroatoms. The summed E-state index contributed by atoms with van der Waals surface area (Å²) in [6.07, 6.45) is 1.02. The van der Waals surface area contributed by atoms with Crippen molar-refractivity contribution in [3.63, 3.8) is 0 Å². The lowest BCUT2D eigenvalue weighted by molar-refractivity contribution is -0.141. The Labute approximate surface area is 160 Å². The Kier molecular flexibility index (Phi) is 6.69. The maximum absolute atomic E-state index is 12.9. The highest BCUT2D eigenvalue weighted by Gasteiger charge is 2.35. The molecular formula is C18H27N3O5S. The van der Waals surface area contributed by atoms with E-state index in [-0.39, 0.29) is 23.9 Å². The van der Waals surface area contributed by atoms with Crippen LogP contribution < -0.4 is 10.1 Å². The van der Waals surface area contributed by atoms with E-state index < -0.39 is 10.0 Å². The molecule has 0 spiro atoms. The van der Waals surface area contributed by atoms with Crippen LogP contribution in [0.4, 0.5) is 0 Å². The van der Waals surface area contributed by atoms with E-state index >= 15 is 0 Å². The molecule has 3 rings (SSSR count). The zero-order valence-corrected chi connectivity index (χ0v) is 16.4. The number of benzene rings is 1. The summed E-state index contributed by atoms with van der Waals surface area (Å²) in [7, 11) is -2.18. The van der Waals surface area contributed by atoms with Gasteiger partial charge < -0.3 is 14.8 Å². The van der Waals surface area contributed by atoms with Gasteiger partial charge in [-0.2, -0.15) is 4.31 Å². The molecule has 2 aliphatic rings. The summed E-state index contributed by atoms with van der Waals surface area (Å²) >= 11 is 0. The summed E-state index contributed by atoms with van der Waals surface area (Å²) in [4.78, 5) is 13.7. The molecule has 0 radical (unpaired) electrons. The van der Waals surface area contributed by atoms with Gasteiger partial charge in [-0.3, -0.25) is 9.69 Å². The van der Waals surface area contributed by atoms with Crippen molar-refractivity contribution >= 4 is 16.0 Å². The number of hydrogen-bond acceptors (Lipinski definition) is 7. The van der Waals surface area contributed by atoms with Gasteiger partial charge in [0.15, 0.2) is 0 Å². The number of hydrogen-bond donors (Lipinski definition) is 1. The molecule has 0 aromatic heterocycles. The second kappa shape index (κ2) is 9.01. The summed E-state index contributed by atoms with van der Waals surface area (Å²) in [6.45, 7) is 5.14. The van der Waals surface area contributed by atoms with E-state index in [2.05, 4.69) is 15.0 Å². The fourth-order valence-electron chi connectivity index (χ4n) is 3.49. The summed E-state index contributed by atoms with van der Waals surface area (Å²) in [6, 6.07) is 6.65. The molecule has 0 amide bonds. The standard InChI is InChI=1S/C18H27N3O5S/c1-25-18(22)7-13-26-16-2-4-17(5-3-16)27(23,24)21-10-6-15(14-21)20-11-8-19-9-12-20/h2-5,15,19H,6-14H2,1H3. The molecule has 2 fully saturated rings. The molecule has 1 atom stereocenters. The van der Waals surface area contributed by atoms with Gasteiger partial charge in [-0.15, -0.1) is 0 Å². The number of piperazine rings is 1. The van der Waals surface area contributed by atoms with Gasteiger partial charge in [-0.25, -0.2) is 8.42 Å². The molecule has 2 aliphatic heterocycles. The van der Waals surface area contributed by atoms with Crippen LogP contribution in [0.15, 0.2) is 29.2 Å². The maximum Gasteiger partial charge on any atom is 0.308 e. The average molecular weight is 397 g/mol. The van der Waals surface area contributed by atoms with Crippen LogP contribution in [0.25, 0.3) is 0 Å². The maximum atomic E-state index is 12.9. The highest BCUT2D eigenvalue weighted by atomic mass is 32.2. The lowest BCUT2D eigenvalue weighted by Gasteiger charge is -2.32. The van der Waals surface area contributed by atoms with Crippen molar-refractivity contribution in [2.24, 2.45) is 0 Å². The van der Waals surface area contributed by atoms with Gasteiger partial charge in [0.1, 0.15) is 5.75 Å². The molecule has 8 nitrogen and oxygen atoms in total. The zero-order valence-electron chi connectivity index (χ0n) is 15.6. The van der Waals surface area contributed by atoms with E-state index in [0.29, 0.717) is 24.9 Å². The Bertz CT molecular complexity index is 732. The van der Waals surface area contributed by atoms with E-state index in [1.165, 1.54) is 7.11 Å². The Morgan fingerprint density at radius 3 is 2.56 bits per heavy atom. The summed E-state index contributed by atoms with van der Waals surface area (Å²) in [5.74, 6) is 0.181. The van der Waals surface area contributed by atoms with Gasteiger partial charge in [0.2, 0.25) is 10.0 Å². The number of nitrogens with one attached hydrogen (secondary N) is 1. The van der Waals surface area contributed by atoms with Crippen LogP contribution in [0.2, 0.25) is 0 Å². The van der Waals surface area contributed by atoms with Crippen LogP contribution in [-0.2, 0) is 19.6 Å². The first-order valence-corrected chi connectivity index (χ1v) is 10.7. The van der Waals surface area contributed by atoms with E-state index in [1.54, 1.807) is 28.6 Å². The van der Waals surface area contributed by atoms with Gasteiger partial charge in [0, 0.05) is 45.3 Å². The number of sulfonamides is 1. The Balaban J connectivity index is 1.57. The predicted molar refractivity (Wildman–Crippen MR) is 100 cm³/mol. The van der Waals surface area contributed by atoms with Crippen LogP contribution >= 0.6 is 0 Å². The third-order valence-corrected chi connectivity index (χ3v) is 6.94. The fraction of sp³-hybridized carbons (Fsp3) is 0.611. The molecule has 150 valence electrons. The molecule has 0 bridgehead atoms. The SMILES string of the molecule is COC(=O)CCOc1ccc(S(=O)(=O)N2CCC(N3CCNCC3)C2)cc1. The van der Waals surface area contributed by atoms with E-state index in [1.807, 2.05) is 0 Å². The highest BCUT2D eigenvalue weighted by molar-refractivity contribution is 7.89. The minimum absolute atomic E-state index is 0.151. The van der Waals surface area contributed by atoms with Gasteiger partial charge in [-0.05, 0) is 30.7 Å². The van der Waals surface area contributed by atoms with Crippen LogP contribution in [0.1, 0.15) is 12.8 Å². The predicted octanol–water partition coefficient (Wildman–Crippen LogP) is 0.297. The number of nitrogens with zero attached hydrogens (tertiary/aromatic N) is 2. The second-order valence-corrected chi connectivity index (χ2v) is 8.68. The third-order valence-electron chi connectivity index (χ3n) is 5.06. The molecular weight excluding hydrogens is 370 g/mol. The molecule has 0 saturated carbocycles. The van der Waals surface area contributed by atoms with Crippen molar-refractivity contribution in [3.05, 3.63) is 24.3 Å². The molecule has 0 aliphatic carbocycles. The molecule has 1 unspecified atom stereocenters. The number of rotatable bonds is 7. The number of ether oxygens (including phenoxy) is 2. The number of esters is 1. The summed E-state index contributed by atoms with van der Waals surface area (Å²) in [5.41, 5.74) is 0. The number of carbonyl (C=O) groups excluding carboxylic acids is 1. The first kappa shape index (κ1) is 20.1. The van der Waals surface area contributed by atoms with Crippen LogP contribution in [0.5, 0.6) is 5.75 Å². The summed E-state index contributed by atoms with van der Waals surface area (Å²) < 4.78 is 37.4. The first-order chi connectivity index (χ1) is 13.0. The molecule has 2 saturated heterocycles. The van der Waals surface area contributed by atoms with Crippen LogP contribution in [0, 0.1) is 0 Å². The first-order valence-electron chi connectivity index (χ1n) is 9.25.